The maximum atomic E-state index is 11.0. The van der Waals surface area contributed by atoms with Crippen molar-refractivity contribution >= 4 is 28.5 Å². The number of benzene rings is 2. The number of nitrogens with zero attached hydrogens (tertiary/aromatic N) is 1. The van der Waals surface area contributed by atoms with Gasteiger partial charge in [-0.05, 0) is 12.1 Å². The number of aromatic nitrogens is 1. The van der Waals surface area contributed by atoms with Gasteiger partial charge in [0.05, 0.1) is 16.0 Å². The third-order valence-corrected chi connectivity index (χ3v) is 3.14. The average molecular weight is 274 g/mol. The van der Waals surface area contributed by atoms with Crippen molar-refractivity contribution in [1.29, 1.82) is 0 Å². The van der Waals surface area contributed by atoms with Crippen LogP contribution >= 0.6 is 11.6 Å². The maximum absolute atomic E-state index is 11.0. The Morgan fingerprint density at radius 3 is 2.63 bits per heavy atom. The van der Waals surface area contributed by atoms with Crippen LogP contribution in [0.25, 0.3) is 22.2 Å². The predicted octanol–water partition coefficient (Wildman–Crippen LogP) is 3.85. The number of rotatable bonds is 2. The minimum Gasteiger partial charge on any atom is -0.478 e. The van der Waals surface area contributed by atoms with E-state index in [1.807, 2.05) is 30.3 Å². The molecule has 0 unspecified atom stereocenters. The molecule has 1 heterocycles. The summed E-state index contributed by atoms with van der Waals surface area (Å²) >= 11 is 5.96. The Labute approximate surface area is 113 Å². The number of hydrogen-bond acceptors (Lipinski definition) is 3. The van der Waals surface area contributed by atoms with Crippen LogP contribution in [0.4, 0.5) is 0 Å². The predicted molar refractivity (Wildman–Crippen MR) is 71.4 cm³/mol. The fourth-order valence-corrected chi connectivity index (χ4v) is 2.17. The van der Waals surface area contributed by atoms with Crippen molar-refractivity contribution in [3.63, 3.8) is 0 Å². The average Bonchev–Trinajstić information content (AvgIpc) is 2.81. The summed E-state index contributed by atoms with van der Waals surface area (Å²) in [6.07, 6.45) is 0. The van der Waals surface area contributed by atoms with E-state index in [0.717, 1.165) is 5.56 Å². The zero-order valence-electron chi connectivity index (χ0n) is 9.63. The van der Waals surface area contributed by atoms with Crippen LogP contribution < -0.4 is 0 Å². The van der Waals surface area contributed by atoms with E-state index in [0.29, 0.717) is 16.7 Å². The van der Waals surface area contributed by atoms with E-state index in [-0.39, 0.29) is 10.6 Å². The molecule has 3 aromatic rings. The Kier molecular flexibility index (Phi) is 2.72. The zero-order valence-corrected chi connectivity index (χ0v) is 10.4. The van der Waals surface area contributed by atoms with E-state index in [4.69, 9.17) is 21.2 Å². The molecule has 5 heteroatoms. The highest BCUT2D eigenvalue weighted by atomic mass is 35.5. The minimum atomic E-state index is -1.09. The Balaban J connectivity index is 2.25. The molecule has 0 amide bonds. The fourth-order valence-electron chi connectivity index (χ4n) is 1.92. The lowest BCUT2D eigenvalue weighted by atomic mass is 10.1. The van der Waals surface area contributed by atoms with Gasteiger partial charge in [-0.3, -0.25) is 0 Å². The minimum absolute atomic E-state index is 0.0158. The number of carboxylic acids is 1. The lowest BCUT2D eigenvalue weighted by molar-refractivity contribution is 0.0697. The van der Waals surface area contributed by atoms with Crippen molar-refractivity contribution in [2.75, 3.05) is 0 Å². The molecule has 0 aliphatic heterocycles. The fraction of sp³-hybridized carbons (Fsp3) is 0. The van der Waals surface area contributed by atoms with Gasteiger partial charge in [-0.25, -0.2) is 4.79 Å². The van der Waals surface area contributed by atoms with Crippen molar-refractivity contribution in [1.82, 2.24) is 5.16 Å². The van der Waals surface area contributed by atoms with E-state index in [9.17, 15) is 4.79 Å². The second kappa shape index (κ2) is 4.40. The van der Waals surface area contributed by atoms with Gasteiger partial charge in [-0.2, -0.15) is 0 Å². The summed E-state index contributed by atoms with van der Waals surface area (Å²) in [5.41, 5.74) is 1.35. The zero-order chi connectivity index (χ0) is 13.4. The monoisotopic (exact) mass is 273 g/mol. The van der Waals surface area contributed by atoms with Crippen LogP contribution in [0.1, 0.15) is 10.4 Å². The molecule has 0 saturated heterocycles. The maximum Gasteiger partial charge on any atom is 0.337 e. The van der Waals surface area contributed by atoms with Crippen LogP contribution in [0, 0.1) is 0 Å². The number of fused-ring (bicyclic) bond motifs is 1. The van der Waals surface area contributed by atoms with E-state index in [1.54, 1.807) is 6.07 Å². The highest BCUT2D eigenvalue weighted by molar-refractivity contribution is 6.34. The lowest BCUT2D eigenvalue weighted by Crippen LogP contribution is -1.96. The first-order chi connectivity index (χ1) is 9.16. The normalized spacial score (nSPS) is 10.8. The number of hydrogen-bond donors (Lipinski definition) is 1. The van der Waals surface area contributed by atoms with Crippen LogP contribution in [0.5, 0.6) is 0 Å². The molecule has 1 aromatic heterocycles. The van der Waals surface area contributed by atoms with Crippen LogP contribution in [0.15, 0.2) is 47.0 Å². The summed E-state index contributed by atoms with van der Waals surface area (Å²) in [4.78, 5) is 11.0. The van der Waals surface area contributed by atoms with Gasteiger partial charge < -0.3 is 9.63 Å². The number of carbonyl (C=O) groups is 1. The van der Waals surface area contributed by atoms with E-state index in [1.165, 1.54) is 6.07 Å². The summed E-state index contributed by atoms with van der Waals surface area (Å²) in [5, 5.41) is 13.8. The first-order valence-corrected chi connectivity index (χ1v) is 5.92. The molecule has 4 nitrogen and oxygen atoms in total. The van der Waals surface area contributed by atoms with Gasteiger partial charge in [-0.1, -0.05) is 47.1 Å². The molecule has 0 aliphatic carbocycles. The molecule has 19 heavy (non-hydrogen) atoms. The molecule has 0 aliphatic rings. The van der Waals surface area contributed by atoms with Crippen LogP contribution in [0.3, 0.4) is 0 Å². The van der Waals surface area contributed by atoms with Gasteiger partial charge in [0.25, 0.3) is 0 Å². The topological polar surface area (TPSA) is 63.3 Å². The lowest BCUT2D eigenvalue weighted by Gasteiger charge is -1.99. The smallest absolute Gasteiger partial charge is 0.337 e. The third-order valence-electron chi connectivity index (χ3n) is 2.83. The summed E-state index contributed by atoms with van der Waals surface area (Å²) in [7, 11) is 0. The Hall–Kier alpha value is -2.33. The molecule has 2 aromatic carbocycles. The standard InChI is InChI=1S/C14H8ClNO3/c15-11-6-10-12(7-9(11)14(17)18)16-19-13(10)8-4-2-1-3-5-8/h1-7H,(H,17,18). The van der Waals surface area contributed by atoms with Crippen LogP contribution in [-0.2, 0) is 0 Å². The number of halogens is 1. The molecule has 0 bridgehead atoms. The van der Waals surface area contributed by atoms with Crippen LogP contribution in [0.2, 0.25) is 5.02 Å². The Bertz CT molecular complexity index is 765. The molecule has 3 rings (SSSR count). The molecule has 0 radical (unpaired) electrons. The van der Waals surface area contributed by atoms with Gasteiger partial charge in [0.15, 0.2) is 5.76 Å². The molecular weight excluding hydrogens is 266 g/mol. The van der Waals surface area contributed by atoms with Crippen molar-refractivity contribution < 1.29 is 14.4 Å². The largest absolute Gasteiger partial charge is 0.478 e. The summed E-state index contributed by atoms with van der Waals surface area (Å²) in [6.45, 7) is 0. The Morgan fingerprint density at radius 2 is 1.95 bits per heavy atom. The molecule has 0 fully saturated rings. The van der Waals surface area contributed by atoms with E-state index < -0.39 is 5.97 Å². The second-order valence-corrected chi connectivity index (χ2v) is 4.44. The Morgan fingerprint density at radius 1 is 1.21 bits per heavy atom. The summed E-state index contributed by atoms with van der Waals surface area (Å²) in [5.74, 6) is -0.509. The van der Waals surface area contributed by atoms with Crippen molar-refractivity contribution in [2.24, 2.45) is 0 Å². The molecule has 0 atom stereocenters. The highest BCUT2D eigenvalue weighted by Gasteiger charge is 2.16. The molecule has 94 valence electrons. The first kappa shape index (κ1) is 11.7. The summed E-state index contributed by atoms with van der Waals surface area (Å²) < 4.78 is 5.29. The first-order valence-electron chi connectivity index (χ1n) is 5.54. The van der Waals surface area contributed by atoms with Crippen molar-refractivity contribution in [3.8, 4) is 11.3 Å². The number of carboxylic acid groups (broad SMARTS) is 1. The van der Waals surface area contributed by atoms with Gasteiger partial charge >= 0.3 is 5.97 Å². The van der Waals surface area contributed by atoms with Gasteiger partial charge in [0, 0.05) is 5.56 Å². The number of aromatic carboxylic acids is 1. The van der Waals surface area contributed by atoms with Gasteiger partial charge in [0.2, 0.25) is 0 Å². The van der Waals surface area contributed by atoms with Crippen LogP contribution in [-0.4, -0.2) is 16.2 Å². The molecule has 0 spiro atoms. The van der Waals surface area contributed by atoms with Gasteiger partial charge in [0.1, 0.15) is 5.52 Å². The second-order valence-electron chi connectivity index (χ2n) is 4.03. The van der Waals surface area contributed by atoms with Gasteiger partial charge in [-0.15, -0.1) is 0 Å². The van der Waals surface area contributed by atoms with Crippen molar-refractivity contribution in [3.05, 3.63) is 53.1 Å². The quantitative estimate of drug-likeness (QED) is 0.770. The van der Waals surface area contributed by atoms with E-state index >= 15 is 0 Å². The summed E-state index contributed by atoms with van der Waals surface area (Å²) in [6, 6.07) is 12.4. The molecular formula is C14H8ClNO3. The highest BCUT2D eigenvalue weighted by Crippen LogP contribution is 2.32. The van der Waals surface area contributed by atoms with E-state index in [2.05, 4.69) is 5.16 Å². The molecule has 0 saturated carbocycles. The molecule has 1 N–H and O–H groups in total. The third kappa shape index (κ3) is 1.96. The van der Waals surface area contributed by atoms with Crippen molar-refractivity contribution in [2.45, 2.75) is 0 Å². The SMILES string of the molecule is O=C(O)c1cc2noc(-c3ccccc3)c2cc1Cl.